The monoisotopic (exact) mass is 341 g/mol. The summed E-state index contributed by atoms with van der Waals surface area (Å²) in [5.41, 5.74) is 0.0304. The highest BCUT2D eigenvalue weighted by molar-refractivity contribution is 5.92. The number of amides is 1. The Bertz CT molecular complexity index is 704. The van der Waals surface area contributed by atoms with E-state index in [0.717, 1.165) is 37.9 Å². The van der Waals surface area contributed by atoms with Crippen LogP contribution in [0.25, 0.3) is 0 Å². The first kappa shape index (κ1) is 17.1. The van der Waals surface area contributed by atoms with E-state index in [1.54, 1.807) is 18.6 Å². The van der Waals surface area contributed by atoms with Gasteiger partial charge in [-0.15, -0.1) is 0 Å². The molecule has 8 nitrogen and oxygen atoms in total. The summed E-state index contributed by atoms with van der Waals surface area (Å²) in [4.78, 5) is 33.6. The van der Waals surface area contributed by atoms with Crippen LogP contribution < -0.4 is 15.1 Å². The maximum absolute atomic E-state index is 12.1. The molecule has 1 N–H and O–H groups in total. The van der Waals surface area contributed by atoms with E-state index >= 15 is 0 Å². The second kappa shape index (κ2) is 7.00. The lowest BCUT2D eigenvalue weighted by molar-refractivity contribution is 0.0914. The van der Waals surface area contributed by atoms with Gasteiger partial charge in [-0.1, -0.05) is 0 Å². The maximum Gasteiger partial charge on any atom is 0.271 e. The molecule has 0 bridgehead atoms. The molecule has 1 amide bonds. The van der Waals surface area contributed by atoms with Crippen LogP contribution in [0.1, 0.15) is 31.3 Å². The van der Waals surface area contributed by atoms with E-state index < -0.39 is 0 Å². The topological polar surface area (TPSA) is 87.1 Å². The average Bonchev–Trinajstić information content (AvgIpc) is 2.61. The first-order chi connectivity index (χ1) is 11.9. The smallest absolute Gasteiger partial charge is 0.271 e. The van der Waals surface area contributed by atoms with Gasteiger partial charge in [0.1, 0.15) is 11.5 Å². The van der Waals surface area contributed by atoms with Crippen molar-refractivity contribution in [3.63, 3.8) is 0 Å². The van der Waals surface area contributed by atoms with Crippen molar-refractivity contribution < 1.29 is 4.79 Å². The van der Waals surface area contributed by atoms with Gasteiger partial charge in [0.2, 0.25) is 5.95 Å². The van der Waals surface area contributed by atoms with Gasteiger partial charge in [-0.3, -0.25) is 4.79 Å². The van der Waals surface area contributed by atoms with Gasteiger partial charge in [0.15, 0.2) is 0 Å². The Morgan fingerprint density at radius 2 is 1.60 bits per heavy atom. The van der Waals surface area contributed by atoms with Crippen LogP contribution in [0, 0.1) is 0 Å². The maximum atomic E-state index is 12.1. The molecule has 1 aliphatic rings. The predicted octanol–water partition coefficient (Wildman–Crippen LogP) is 1.12. The Labute approximate surface area is 147 Å². The van der Waals surface area contributed by atoms with Gasteiger partial charge >= 0.3 is 0 Å². The molecule has 0 atom stereocenters. The zero-order valence-electron chi connectivity index (χ0n) is 14.8. The number of piperazine rings is 1. The molecule has 1 aliphatic heterocycles. The summed E-state index contributed by atoms with van der Waals surface area (Å²) < 4.78 is 0. The molecule has 0 radical (unpaired) electrons. The summed E-state index contributed by atoms with van der Waals surface area (Å²) in [6.45, 7) is 9.05. The lowest BCUT2D eigenvalue weighted by atomic mass is 10.1. The number of rotatable bonds is 3. The molecular formula is C17H23N7O. The number of carbonyl (C=O) groups is 1. The van der Waals surface area contributed by atoms with Crippen molar-refractivity contribution in [1.29, 1.82) is 0 Å². The number of aromatic nitrogens is 4. The van der Waals surface area contributed by atoms with Crippen molar-refractivity contribution in [2.24, 2.45) is 0 Å². The van der Waals surface area contributed by atoms with Crippen molar-refractivity contribution in [2.45, 2.75) is 26.3 Å². The third-order valence-electron chi connectivity index (χ3n) is 3.80. The Morgan fingerprint density at radius 1 is 0.960 bits per heavy atom. The standard InChI is InChI=1S/C17H23N7O/c1-17(2,3)22-15(25)13-11-21-14(12-20-13)23-7-9-24(10-8-23)16-18-5-4-6-19-16/h4-6,11-12H,7-10H2,1-3H3,(H,22,25). The van der Waals surface area contributed by atoms with E-state index in [9.17, 15) is 4.79 Å². The number of anilines is 2. The van der Waals surface area contributed by atoms with E-state index in [1.807, 2.05) is 26.8 Å². The van der Waals surface area contributed by atoms with Crippen molar-refractivity contribution in [1.82, 2.24) is 25.3 Å². The van der Waals surface area contributed by atoms with Gasteiger partial charge in [-0.2, -0.15) is 0 Å². The van der Waals surface area contributed by atoms with E-state index in [0.29, 0.717) is 5.69 Å². The molecule has 3 rings (SSSR count). The van der Waals surface area contributed by atoms with Crippen LogP contribution in [-0.2, 0) is 0 Å². The molecule has 0 unspecified atom stereocenters. The molecule has 1 fully saturated rings. The molecule has 0 aromatic carbocycles. The van der Waals surface area contributed by atoms with E-state index in [2.05, 4.69) is 35.1 Å². The fraction of sp³-hybridized carbons (Fsp3) is 0.471. The minimum Gasteiger partial charge on any atom is -0.352 e. The lowest BCUT2D eigenvalue weighted by Crippen LogP contribution is -2.47. The normalized spacial score (nSPS) is 15.2. The molecule has 2 aromatic heterocycles. The molecule has 25 heavy (non-hydrogen) atoms. The third kappa shape index (κ3) is 4.40. The van der Waals surface area contributed by atoms with E-state index in [1.165, 1.54) is 6.20 Å². The summed E-state index contributed by atoms with van der Waals surface area (Å²) in [5.74, 6) is 1.32. The highest BCUT2D eigenvalue weighted by atomic mass is 16.2. The molecule has 8 heteroatoms. The Hall–Kier alpha value is -2.77. The van der Waals surface area contributed by atoms with Crippen LogP contribution in [0.5, 0.6) is 0 Å². The first-order valence-electron chi connectivity index (χ1n) is 8.34. The number of hydrogen-bond donors (Lipinski definition) is 1. The third-order valence-corrected chi connectivity index (χ3v) is 3.80. The Balaban J connectivity index is 1.60. The minimum atomic E-state index is -0.298. The van der Waals surface area contributed by atoms with Crippen molar-refractivity contribution in [2.75, 3.05) is 36.0 Å². The van der Waals surface area contributed by atoms with E-state index in [4.69, 9.17) is 0 Å². The number of nitrogens with zero attached hydrogens (tertiary/aromatic N) is 6. The summed E-state index contributed by atoms with van der Waals surface area (Å²) in [6, 6.07) is 1.81. The van der Waals surface area contributed by atoms with Gasteiger partial charge in [-0.05, 0) is 26.8 Å². The quantitative estimate of drug-likeness (QED) is 0.895. The number of nitrogens with one attached hydrogen (secondary N) is 1. The fourth-order valence-electron chi connectivity index (χ4n) is 2.60. The second-order valence-electron chi connectivity index (χ2n) is 6.99. The second-order valence-corrected chi connectivity index (χ2v) is 6.99. The number of hydrogen-bond acceptors (Lipinski definition) is 7. The van der Waals surface area contributed by atoms with Crippen molar-refractivity contribution >= 4 is 17.7 Å². The van der Waals surface area contributed by atoms with Gasteiger partial charge < -0.3 is 15.1 Å². The van der Waals surface area contributed by atoms with Crippen molar-refractivity contribution in [3.05, 3.63) is 36.5 Å². The highest BCUT2D eigenvalue weighted by Gasteiger charge is 2.21. The summed E-state index contributed by atoms with van der Waals surface area (Å²) >= 11 is 0. The molecular weight excluding hydrogens is 318 g/mol. The van der Waals surface area contributed by atoms with Crippen LogP contribution in [0.3, 0.4) is 0 Å². The summed E-state index contributed by atoms with van der Waals surface area (Å²) in [5, 5.41) is 2.88. The van der Waals surface area contributed by atoms with Crippen LogP contribution in [0.4, 0.5) is 11.8 Å². The SMILES string of the molecule is CC(C)(C)NC(=O)c1cnc(N2CCN(c3ncccn3)CC2)cn1. The van der Waals surface area contributed by atoms with Crippen molar-refractivity contribution in [3.8, 4) is 0 Å². The Kier molecular flexibility index (Phi) is 4.78. The predicted molar refractivity (Wildman–Crippen MR) is 95.7 cm³/mol. The molecule has 1 saturated heterocycles. The van der Waals surface area contributed by atoms with Gasteiger partial charge in [0, 0.05) is 44.1 Å². The molecule has 0 aliphatic carbocycles. The molecule has 0 saturated carbocycles. The van der Waals surface area contributed by atoms with Gasteiger partial charge in [-0.25, -0.2) is 19.9 Å². The zero-order chi connectivity index (χ0) is 17.9. The fourth-order valence-corrected chi connectivity index (χ4v) is 2.60. The van der Waals surface area contributed by atoms with E-state index in [-0.39, 0.29) is 11.4 Å². The molecule has 3 heterocycles. The summed E-state index contributed by atoms with van der Waals surface area (Å²) in [7, 11) is 0. The molecule has 0 spiro atoms. The lowest BCUT2D eigenvalue weighted by Gasteiger charge is -2.35. The van der Waals surface area contributed by atoms with Crippen LogP contribution in [0.15, 0.2) is 30.9 Å². The summed E-state index contributed by atoms with van der Waals surface area (Å²) in [6.07, 6.45) is 6.69. The van der Waals surface area contributed by atoms with Gasteiger partial charge in [0.25, 0.3) is 5.91 Å². The number of carbonyl (C=O) groups excluding carboxylic acids is 1. The zero-order valence-corrected chi connectivity index (χ0v) is 14.8. The largest absolute Gasteiger partial charge is 0.352 e. The van der Waals surface area contributed by atoms with Crippen LogP contribution in [0.2, 0.25) is 0 Å². The first-order valence-corrected chi connectivity index (χ1v) is 8.34. The van der Waals surface area contributed by atoms with Crippen LogP contribution in [-0.4, -0.2) is 57.6 Å². The highest BCUT2D eigenvalue weighted by Crippen LogP contribution is 2.15. The molecule has 132 valence electrons. The molecule has 2 aromatic rings. The average molecular weight is 341 g/mol. The minimum absolute atomic E-state index is 0.211. The Morgan fingerprint density at radius 3 is 2.16 bits per heavy atom. The van der Waals surface area contributed by atoms with Crippen LogP contribution >= 0.6 is 0 Å². The van der Waals surface area contributed by atoms with Gasteiger partial charge in [0.05, 0.1) is 12.4 Å².